The van der Waals surface area contributed by atoms with Crippen LogP contribution in [0.15, 0.2) is 52.3 Å². The lowest BCUT2D eigenvalue weighted by Gasteiger charge is -2.13. The number of rotatable bonds is 5. The molecule has 0 amide bonds. The maximum absolute atomic E-state index is 12.5. The molecule has 2 aromatic rings. The average molecular weight is 340 g/mol. The van der Waals surface area contributed by atoms with Crippen LogP contribution in [-0.2, 0) is 0 Å². The van der Waals surface area contributed by atoms with E-state index in [4.69, 9.17) is 9.47 Å². The summed E-state index contributed by atoms with van der Waals surface area (Å²) < 4.78 is 11.2. The van der Waals surface area contributed by atoms with Crippen molar-refractivity contribution >= 4 is 23.6 Å². The molecule has 1 aliphatic rings. The number of ether oxygens (including phenoxy) is 2. The summed E-state index contributed by atoms with van der Waals surface area (Å²) in [6.45, 7) is 4.85. The molecular weight excluding hydrogens is 320 g/mol. The highest BCUT2D eigenvalue weighted by Gasteiger charge is 2.25. The zero-order valence-electron chi connectivity index (χ0n) is 14.0. The highest BCUT2D eigenvalue weighted by atomic mass is 32.2. The van der Waals surface area contributed by atoms with Crippen LogP contribution in [0.5, 0.6) is 11.5 Å². The fraction of sp³-hybridized carbons (Fsp3) is 0.250. The molecule has 0 fully saturated rings. The Balaban J connectivity index is 1.85. The van der Waals surface area contributed by atoms with E-state index >= 15 is 0 Å². The number of ketones is 1. The van der Waals surface area contributed by atoms with Gasteiger partial charge >= 0.3 is 0 Å². The second-order valence-corrected chi connectivity index (χ2v) is 7.13. The first kappa shape index (κ1) is 16.7. The highest BCUT2D eigenvalue weighted by molar-refractivity contribution is 8.04. The van der Waals surface area contributed by atoms with Crippen LogP contribution in [0.25, 0.3) is 6.08 Å². The lowest BCUT2D eigenvalue weighted by atomic mass is 10.1. The molecule has 0 aliphatic carbocycles. The number of hydrogen-bond acceptors (Lipinski definition) is 4. The first-order valence-corrected chi connectivity index (χ1v) is 8.74. The Hall–Kier alpha value is -2.20. The molecule has 0 spiro atoms. The van der Waals surface area contributed by atoms with Crippen LogP contribution in [0.4, 0.5) is 0 Å². The van der Waals surface area contributed by atoms with Gasteiger partial charge < -0.3 is 9.47 Å². The van der Waals surface area contributed by atoms with Gasteiger partial charge in [-0.15, -0.1) is 0 Å². The van der Waals surface area contributed by atoms with Crippen molar-refractivity contribution in [2.45, 2.75) is 18.7 Å². The number of Topliss-reactive ketones (excluding diaryl/α,β-unsaturated/α-hetero) is 1. The highest BCUT2D eigenvalue weighted by Crippen LogP contribution is 2.41. The Morgan fingerprint density at radius 3 is 2.62 bits per heavy atom. The van der Waals surface area contributed by atoms with Crippen LogP contribution < -0.4 is 9.47 Å². The monoisotopic (exact) mass is 340 g/mol. The van der Waals surface area contributed by atoms with Crippen molar-refractivity contribution in [1.29, 1.82) is 0 Å². The Bertz CT molecular complexity index is 793. The molecule has 3 nitrogen and oxygen atoms in total. The number of carbonyl (C=O) groups excluding carboxylic acids is 1. The average Bonchev–Trinajstić information content (AvgIpc) is 2.89. The number of fused-ring (bicyclic) bond motifs is 1. The summed E-state index contributed by atoms with van der Waals surface area (Å²) in [7, 11) is 1.62. The standard InChI is InChI=1S/C20H20O3S/c1-13(2)12-23-16-9-8-14(10-17(16)22-3)11-19-20(21)15-6-4-5-7-18(15)24-19/h4-11,13H,12H2,1-3H3/b19-11+. The van der Waals surface area contributed by atoms with E-state index in [1.165, 1.54) is 11.8 Å². The van der Waals surface area contributed by atoms with Gasteiger partial charge in [-0.2, -0.15) is 0 Å². The normalized spacial score (nSPS) is 15.0. The van der Waals surface area contributed by atoms with Gasteiger partial charge in [-0.25, -0.2) is 0 Å². The van der Waals surface area contributed by atoms with Crippen molar-refractivity contribution in [3.8, 4) is 11.5 Å². The van der Waals surface area contributed by atoms with Gasteiger partial charge in [0.05, 0.1) is 18.6 Å². The second kappa shape index (κ2) is 7.14. The second-order valence-electron chi connectivity index (χ2n) is 6.05. The van der Waals surface area contributed by atoms with Crippen molar-refractivity contribution in [2.24, 2.45) is 5.92 Å². The third-order valence-electron chi connectivity index (χ3n) is 3.63. The number of hydrogen-bond donors (Lipinski definition) is 0. The molecule has 0 saturated carbocycles. The fourth-order valence-corrected chi connectivity index (χ4v) is 3.49. The number of thioether (sulfide) groups is 1. The smallest absolute Gasteiger partial charge is 0.200 e. The summed E-state index contributed by atoms with van der Waals surface area (Å²) in [6, 6.07) is 13.4. The molecule has 124 valence electrons. The van der Waals surface area contributed by atoms with Crippen molar-refractivity contribution in [2.75, 3.05) is 13.7 Å². The van der Waals surface area contributed by atoms with Gasteiger partial charge in [0.15, 0.2) is 11.5 Å². The predicted octanol–water partition coefficient (Wildman–Crippen LogP) is 5.06. The van der Waals surface area contributed by atoms with Crippen LogP contribution in [0, 0.1) is 5.92 Å². The number of carbonyl (C=O) groups is 1. The number of allylic oxidation sites excluding steroid dienone is 1. The molecule has 4 heteroatoms. The van der Waals surface area contributed by atoms with Crippen molar-refractivity contribution in [3.63, 3.8) is 0 Å². The van der Waals surface area contributed by atoms with E-state index in [9.17, 15) is 4.79 Å². The Labute approximate surface area is 146 Å². The molecule has 0 radical (unpaired) electrons. The molecule has 1 aliphatic heterocycles. The molecular formula is C20H20O3S. The van der Waals surface area contributed by atoms with Gasteiger partial charge in [0.25, 0.3) is 0 Å². The minimum atomic E-state index is 0.0784. The van der Waals surface area contributed by atoms with Gasteiger partial charge in [-0.05, 0) is 41.8 Å². The fourth-order valence-electron chi connectivity index (χ4n) is 2.44. The summed E-state index contributed by atoms with van der Waals surface area (Å²) in [4.78, 5) is 14.2. The topological polar surface area (TPSA) is 35.5 Å². The minimum Gasteiger partial charge on any atom is -0.493 e. The quantitative estimate of drug-likeness (QED) is 0.713. The molecule has 2 aromatic carbocycles. The van der Waals surface area contributed by atoms with E-state index in [2.05, 4.69) is 13.8 Å². The number of benzene rings is 2. The minimum absolute atomic E-state index is 0.0784. The van der Waals surface area contributed by atoms with Crippen LogP contribution in [-0.4, -0.2) is 19.5 Å². The number of methoxy groups -OCH3 is 1. The van der Waals surface area contributed by atoms with Crippen molar-refractivity contribution in [1.82, 2.24) is 0 Å². The third-order valence-corrected chi connectivity index (χ3v) is 4.73. The Kier molecular flexibility index (Phi) is 4.95. The predicted molar refractivity (Wildman–Crippen MR) is 97.9 cm³/mol. The van der Waals surface area contributed by atoms with Crippen molar-refractivity contribution in [3.05, 3.63) is 58.5 Å². The van der Waals surface area contributed by atoms with Gasteiger partial charge in [0.2, 0.25) is 5.78 Å². The molecule has 0 aromatic heterocycles. The summed E-state index contributed by atoms with van der Waals surface area (Å²) in [5.41, 5.74) is 1.70. The molecule has 0 N–H and O–H groups in total. The van der Waals surface area contributed by atoms with E-state index in [-0.39, 0.29) is 5.78 Å². The Morgan fingerprint density at radius 2 is 1.92 bits per heavy atom. The lowest BCUT2D eigenvalue weighted by Crippen LogP contribution is -2.05. The summed E-state index contributed by atoms with van der Waals surface area (Å²) >= 11 is 1.51. The SMILES string of the molecule is COc1cc(/C=C2/Sc3ccccc3C2=O)ccc1OCC(C)C. The molecule has 24 heavy (non-hydrogen) atoms. The van der Waals surface area contributed by atoms with E-state index in [1.54, 1.807) is 7.11 Å². The van der Waals surface area contributed by atoms with Gasteiger partial charge in [0.1, 0.15) is 0 Å². The van der Waals surface area contributed by atoms with Crippen LogP contribution in [0.1, 0.15) is 29.8 Å². The molecule has 0 unspecified atom stereocenters. The van der Waals surface area contributed by atoms with Gasteiger partial charge in [-0.3, -0.25) is 4.79 Å². The van der Waals surface area contributed by atoms with Gasteiger partial charge in [-0.1, -0.05) is 43.8 Å². The summed E-state index contributed by atoms with van der Waals surface area (Å²) in [6.07, 6.45) is 1.90. The Morgan fingerprint density at radius 1 is 1.12 bits per heavy atom. The van der Waals surface area contributed by atoms with E-state index in [0.29, 0.717) is 18.3 Å². The first-order chi connectivity index (χ1) is 11.6. The maximum Gasteiger partial charge on any atom is 0.200 e. The zero-order chi connectivity index (χ0) is 17.1. The molecule has 0 bridgehead atoms. The largest absolute Gasteiger partial charge is 0.493 e. The van der Waals surface area contributed by atoms with Crippen molar-refractivity contribution < 1.29 is 14.3 Å². The van der Waals surface area contributed by atoms with E-state index in [0.717, 1.165) is 26.7 Å². The van der Waals surface area contributed by atoms with Gasteiger partial charge in [0, 0.05) is 10.5 Å². The molecule has 0 saturated heterocycles. The summed E-state index contributed by atoms with van der Waals surface area (Å²) in [5, 5.41) is 0. The lowest BCUT2D eigenvalue weighted by molar-refractivity contribution is 0.104. The van der Waals surface area contributed by atoms with E-state index in [1.807, 2.05) is 48.5 Å². The molecule has 3 rings (SSSR count). The molecule has 0 atom stereocenters. The summed E-state index contributed by atoms with van der Waals surface area (Å²) in [5.74, 6) is 1.93. The van der Waals surface area contributed by atoms with Crippen LogP contribution in [0.3, 0.4) is 0 Å². The van der Waals surface area contributed by atoms with Crippen LogP contribution in [0.2, 0.25) is 0 Å². The van der Waals surface area contributed by atoms with E-state index < -0.39 is 0 Å². The molecule has 1 heterocycles. The third kappa shape index (κ3) is 3.49. The first-order valence-electron chi connectivity index (χ1n) is 7.92. The maximum atomic E-state index is 12.5. The van der Waals surface area contributed by atoms with Crippen LogP contribution >= 0.6 is 11.8 Å². The zero-order valence-corrected chi connectivity index (χ0v) is 14.9.